The third-order valence-corrected chi connectivity index (χ3v) is 4.62. The molecule has 4 nitrogen and oxygen atoms in total. The van der Waals surface area contributed by atoms with Gasteiger partial charge in [0.15, 0.2) is 0 Å². The first kappa shape index (κ1) is 22.1. The average molecular weight is 419 g/mol. The number of hydrogen-bond donors (Lipinski definition) is 1. The van der Waals surface area contributed by atoms with Crippen LogP contribution in [0, 0.1) is 11.6 Å². The highest BCUT2D eigenvalue weighted by Crippen LogP contribution is 2.31. The molecule has 6 heteroatoms. The molecule has 0 saturated heterocycles. The summed E-state index contributed by atoms with van der Waals surface area (Å²) < 4.78 is 28.1. The minimum atomic E-state index is -0.313. The maximum Gasteiger partial charge on any atom is 0.123 e. The first-order chi connectivity index (χ1) is 14.6. The van der Waals surface area contributed by atoms with Crippen molar-refractivity contribution < 1.29 is 13.9 Å². The van der Waals surface area contributed by atoms with Gasteiger partial charge in [-0.3, -0.25) is 9.67 Å². The van der Waals surface area contributed by atoms with E-state index in [1.54, 1.807) is 35.1 Å². The van der Waals surface area contributed by atoms with Gasteiger partial charge in [0.2, 0.25) is 0 Å². The molecule has 0 radical (unpaired) electrons. The molecule has 0 atom stereocenters. The van der Waals surface area contributed by atoms with Crippen LogP contribution in [0.4, 0.5) is 8.78 Å². The molecule has 0 aliphatic heterocycles. The lowest BCUT2D eigenvalue weighted by atomic mass is 10.0. The van der Waals surface area contributed by atoms with E-state index in [0.29, 0.717) is 12.2 Å². The van der Waals surface area contributed by atoms with E-state index in [9.17, 15) is 13.9 Å². The quantitative estimate of drug-likeness (QED) is 0.437. The standard InChI is InChI=1S/C24H19F2N3O.CH4/c25-20-6-1-17(2-7-20)3-10-22-15-19(11-12-27-22)23-16-29(13-14-30)28-24(23)18-4-8-21(26)9-5-18;/h1-12,15-16,30H,13-14H2;1H4/b10-3+;. The minimum absolute atomic E-state index is 0. The van der Waals surface area contributed by atoms with E-state index in [-0.39, 0.29) is 25.7 Å². The maximum absolute atomic E-state index is 13.4. The van der Waals surface area contributed by atoms with Crippen molar-refractivity contribution in [3.05, 3.63) is 95.9 Å². The number of benzene rings is 2. The van der Waals surface area contributed by atoms with Gasteiger partial charge in [0.25, 0.3) is 0 Å². The Kier molecular flexibility index (Phi) is 7.05. The fourth-order valence-corrected chi connectivity index (χ4v) is 3.13. The second-order valence-corrected chi connectivity index (χ2v) is 6.74. The van der Waals surface area contributed by atoms with Crippen LogP contribution in [-0.2, 0) is 6.54 Å². The lowest BCUT2D eigenvalue weighted by molar-refractivity contribution is 0.269. The zero-order chi connectivity index (χ0) is 20.9. The van der Waals surface area contributed by atoms with Gasteiger partial charge in [-0.05, 0) is 65.7 Å². The summed E-state index contributed by atoms with van der Waals surface area (Å²) in [5.74, 6) is -0.590. The van der Waals surface area contributed by atoms with Gasteiger partial charge < -0.3 is 5.11 Å². The van der Waals surface area contributed by atoms with Crippen LogP contribution in [0.5, 0.6) is 0 Å². The smallest absolute Gasteiger partial charge is 0.123 e. The first-order valence-corrected chi connectivity index (χ1v) is 9.47. The Balaban J connectivity index is 0.00000272. The number of nitrogens with zero attached hydrogens (tertiary/aromatic N) is 3. The van der Waals surface area contributed by atoms with Crippen LogP contribution in [-0.4, -0.2) is 26.5 Å². The predicted molar refractivity (Wildman–Crippen MR) is 120 cm³/mol. The summed E-state index contributed by atoms with van der Waals surface area (Å²) in [6, 6.07) is 16.2. The zero-order valence-electron chi connectivity index (χ0n) is 16.0. The summed E-state index contributed by atoms with van der Waals surface area (Å²) in [6.45, 7) is 0.322. The zero-order valence-corrected chi connectivity index (χ0v) is 16.0. The Hall–Kier alpha value is -3.64. The van der Waals surface area contributed by atoms with Crippen LogP contribution < -0.4 is 0 Å². The second-order valence-electron chi connectivity index (χ2n) is 6.74. The van der Waals surface area contributed by atoms with Crippen molar-refractivity contribution in [2.24, 2.45) is 0 Å². The van der Waals surface area contributed by atoms with Crippen molar-refractivity contribution in [2.45, 2.75) is 14.0 Å². The lowest BCUT2D eigenvalue weighted by Crippen LogP contribution is -2.02. The van der Waals surface area contributed by atoms with Gasteiger partial charge in [-0.25, -0.2) is 8.78 Å². The summed E-state index contributed by atoms with van der Waals surface area (Å²) in [6.07, 6.45) is 7.28. The molecule has 0 aliphatic carbocycles. The van der Waals surface area contributed by atoms with Gasteiger partial charge in [-0.15, -0.1) is 0 Å². The van der Waals surface area contributed by atoms with Crippen LogP contribution in [0.3, 0.4) is 0 Å². The fraction of sp³-hybridized carbons (Fsp3) is 0.120. The molecule has 2 heterocycles. The summed E-state index contributed by atoms with van der Waals surface area (Å²) in [4.78, 5) is 4.38. The summed E-state index contributed by atoms with van der Waals surface area (Å²) in [7, 11) is 0. The number of hydrogen-bond acceptors (Lipinski definition) is 3. The average Bonchev–Trinajstić information content (AvgIpc) is 3.18. The summed E-state index contributed by atoms with van der Waals surface area (Å²) in [5.41, 5.74) is 4.83. The molecule has 4 rings (SSSR count). The minimum Gasteiger partial charge on any atom is -0.394 e. The van der Waals surface area contributed by atoms with Gasteiger partial charge in [0, 0.05) is 23.5 Å². The molecular formula is C25H23F2N3O. The van der Waals surface area contributed by atoms with Crippen molar-refractivity contribution in [3.63, 3.8) is 0 Å². The third kappa shape index (κ3) is 5.29. The molecule has 31 heavy (non-hydrogen) atoms. The van der Waals surface area contributed by atoms with Crippen LogP contribution in [0.25, 0.3) is 34.5 Å². The van der Waals surface area contributed by atoms with E-state index < -0.39 is 0 Å². The van der Waals surface area contributed by atoms with E-state index in [2.05, 4.69) is 10.1 Å². The normalized spacial score (nSPS) is 10.9. The Morgan fingerprint density at radius 3 is 2.23 bits per heavy atom. The number of aliphatic hydroxyl groups excluding tert-OH is 1. The SMILES string of the molecule is C.OCCn1cc(-c2ccnc(/C=C/c3ccc(F)cc3)c2)c(-c2ccc(F)cc2)n1. The van der Waals surface area contributed by atoms with Crippen molar-refractivity contribution in [2.75, 3.05) is 6.61 Å². The van der Waals surface area contributed by atoms with E-state index >= 15 is 0 Å². The Bertz CT molecular complexity index is 1170. The summed E-state index contributed by atoms with van der Waals surface area (Å²) in [5, 5.41) is 13.9. The molecule has 0 unspecified atom stereocenters. The molecule has 2 aromatic heterocycles. The topological polar surface area (TPSA) is 50.9 Å². The van der Waals surface area contributed by atoms with Gasteiger partial charge >= 0.3 is 0 Å². The van der Waals surface area contributed by atoms with Crippen LogP contribution in [0.2, 0.25) is 0 Å². The highest BCUT2D eigenvalue weighted by atomic mass is 19.1. The van der Waals surface area contributed by atoms with Crippen LogP contribution in [0.1, 0.15) is 18.7 Å². The van der Waals surface area contributed by atoms with E-state index in [4.69, 9.17) is 0 Å². The van der Waals surface area contributed by atoms with E-state index in [1.165, 1.54) is 24.3 Å². The van der Waals surface area contributed by atoms with Gasteiger partial charge in [0.05, 0.1) is 18.8 Å². The number of aromatic nitrogens is 3. The Morgan fingerprint density at radius 1 is 0.871 bits per heavy atom. The van der Waals surface area contributed by atoms with Crippen molar-refractivity contribution in [3.8, 4) is 22.4 Å². The molecule has 2 aromatic carbocycles. The maximum atomic E-state index is 13.4. The lowest BCUT2D eigenvalue weighted by Gasteiger charge is -2.04. The molecular weight excluding hydrogens is 396 g/mol. The molecule has 158 valence electrons. The van der Waals surface area contributed by atoms with Crippen molar-refractivity contribution in [1.82, 2.24) is 14.8 Å². The molecule has 0 fully saturated rings. The molecule has 1 N–H and O–H groups in total. The number of aliphatic hydroxyl groups is 1. The third-order valence-electron chi connectivity index (χ3n) is 4.62. The van der Waals surface area contributed by atoms with Gasteiger partial charge in [0.1, 0.15) is 17.3 Å². The molecule has 0 saturated carbocycles. The fourth-order valence-electron chi connectivity index (χ4n) is 3.13. The molecule has 0 bridgehead atoms. The highest BCUT2D eigenvalue weighted by Gasteiger charge is 2.14. The summed E-state index contributed by atoms with van der Waals surface area (Å²) >= 11 is 0. The first-order valence-electron chi connectivity index (χ1n) is 9.47. The predicted octanol–water partition coefficient (Wildman–Crippen LogP) is 5.69. The largest absolute Gasteiger partial charge is 0.394 e. The molecule has 4 aromatic rings. The Labute approximate surface area is 180 Å². The highest BCUT2D eigenvalue weighted by molar-refractivity contribution is 5.81. The van der Waals surface area contributed by atoms with E-state index in [0.717, 1.165) is 27.9 Å². The van der Waals surface area contributed by atoms with Crippen LogP contribution >= 0.6 is 0 Å². The van der Waals surface area contributed by atoms with Gasteiger partial charge in [-0.2, -0.15) is 5.10 Å². The molecule has 0 amide bonds. The number of rotatable bonds is 6. The number of halogens is 2. The van der Waals surface area contributed by atoms with Gasteiger partial charge in [-0.1, -0.05) is 25.6 Å². The second kappa shape index (κ2) is 9.91. The molecule has 0 aliphatic rings. The Morgan fingerprint density at radius 2 is 1.55 bits per heavy atom. The number of pyridine rings is 1. The van der Waals surface area contributed by atoms with Crippen molar-refractivity contribution in [1.29, 1.82) is 0 Å². The monoisotopic (exact) mass is 419 g/mol. The van der Waals surface area contributed by atoms with E-state index in [1.807, 2.05) is 30.5 Å². The van der Waals surface area contributed by atoms with Crippen molar-refractivity contribution >= 4 is 12.2 Å². The van der Waals surface area contributed by atoms with Crippen LogP contribution in [0.15, 0.2) is 73.1 Å². The molecule has 0 spiro atoms.